The Kier molecular flexibility index (Phi) is 10.8. The molecule has 1 aliphatic heterocycles. The van der Waals surface area contributed by atoms with Gasteiger partial charge < -0.3 is 34.3 Å². The van der Waals surface area contributed by atoms with Gasteiger partial charge >= 0.3 is 11.9 Å². The van der Waals surface area contributed by atoms with Crippen LogP contribution < -0.4 is 30.3 Å². The number of rotatable bonds is 12. The average Bonchev–Trinajstić information content (AvgIpc) is 2.94. The van der Waals surface area contributed by atoms with E-state index in [1.54, 1.807) is 56.3 Å². The van der Waals surface area contributed by atoms with E-state index in [0.717, 1.165) is 0 Å². The van der Waals surface area contributed by atoms with Gasteiger partial charge in [-0.05, 0) is 55.9 Å². The number of para-hydroxylation sites is 1. The lowest BCUT2D eigenvalue weighted by Crippen LogP contribution is -2.45. The number of methoxy groups -OCH3 is 2. The molecule has 3 N–H and O–H groups in total. The number of nitrogens with one attached hydrogen (secondary N) is 3. The fraction of sp³-hybridized carbons (Fsp3) is 0.296. The molecule has 0 saturated carbocycles. The molecule has 0 bridgehead atoms. The number of nitrogens with zero attached hydrogens (tertiary/aromatic N) is 1. The third kappa shape index (κ3) is 7.93. The Hall–Kier alpha value is -4.65. The fourth-order valence-electron chi connectivity index (χ4n) is 3.69. The topological polar surface area (TPSA) is 146 Å². The number of benzene rings is 2. The first kappa shape index (κ1) is 29.9. The summed E-state index contributed by atoms with van der Waals surface area (Å²) in [6, 6.07) is 11.3. The number of ether oxygens (including phenoxy) is 5. The predicted molar refractivity (Wildman–Crippen MR) is 149 cm³/mol. The second-order valence-corrected chi connectivity index (χ2v) is 8.59. The Morgan fingerprint density at radius 2 is 1.80 bits per heavy atom. The number of hydrogen-bond donors (Lipinski definition) is 3. The van der Waals surface area contributed by atoms with Crippen molar-refractivity contribution in [1.82, 2.24) is 16.1 Å². The smallest absolute Gasteiger partial charge is 0.343 e. The highest BCUT2D eigenvalue weighted by atomic mass is 32.1. The van der Waals surface area contributed by atoms with Crippen LogP contribution in [0.2, 0.25) is 0 Å². The van der Waals surface area contributed by atoms with Crippen molar-refractivity contribution in [3.63, 3.8) is 0 Å². The van der Waals surface area contributed by atoms with E-state index < -0.39 is 23.9 Å². The van der Waals surface area contributed by atoms with Crippen molar-refractivity contribution in [2.24, 2.45) is 5.10 Å². The number of carbonyl (C=O) groups excluding carboxylic acids is 3. The van der Waals surface area contributed by atoms with Crippen LogP contribution >= 0.6 is 12.2 Å². The number of esters is 2. The predicted octanol–water partition coefficient (Wildman–Crippen LogP) is 2.13. The van der Waals surface area contributed by atoms with Gasteiger partial charge in [0.05, 0.1) is 38.7 Å². The molecule has 0 fully saturated rings. The van der Waals surface area contributed by atoms with Crippen molar-refractivity contribution in [3.8, 4) is 17.2 Å². The lowest BCUT2D eigenvalue weighted by Gasteiger charge is -2.30. The number of hydrazone groups is 1. The first-order valence-electron chi connectivity index (χ1n) is 12.1. The summed E-state index contributed by atoms with van der Waals surface area (Å²) < 4.78 is 26.2. The van der Waals surface area contributed by atoms with Crippen LogP contribution in [0, 0.1) is 0 Å². The largest absolute Gasteiger partial charge is 0.493 e. The third-order valence-corrected chi connectivity index (χ3v) is 5.74. The Bertz CT molecular complexity index is 1330. The summed E-state index contributed by atoms with van der Waals surface area (Å²) >= 11 is 5.29. The van der Waals surface area contributed by atoms with Gasteiger partial charge in [-0.3, -0.25) is 4.79 Å². The molecule has 40 heavy (non-hydrogen) atoms. The summed E-state index contributed by atoms with van der Waals surface area (Å²) in [7, 11) is 2.72. The molecular formula is C27H30N4O8S. The molecule has 13 heteroatoms. The number of thiocarbonyl (C=S) groups is 1. The van der Waals surface area contributed by atoms with Gasteiger partial charge in [0.2, 0.25) is 0 Å². The molecule has 0 saturated heterocycles. The molecule has 0 spiro atoms. The van der Waals surface area contributed by atoms with E-state index in [2.05, 4.69) is 25.9 Å². The van der Waals surface area contributed by atoms with Gasteiger partial charge in [-0.2, -0.15) is 5.10 Å². The van der Waals surface area contributed by atoms with Crippen molar-refractivity contribution in [2.45, 2.75) is 19.9 Å². The number of carbonyl (C=O) groups is 3. The van der Waals surface area contributed by atoms with Gasteiger partial charge in [-0.1, -0.05) is 18.2 Å². The molecule has 2 aromatic carbocycles. The van der Waals surface area contributed by atoms with Crippen LogP contribution in [0.15, 0.2) is 58.8 Å². The van der Waals surface area contributed by atoms with Crippen LogP contribution in [0.25, 0.3) is 0 Å². The highest BCUT2D eigenvalue weighted by Gasteiger charge is 2.32. The summed E-state index contributed by atoms with van der Waals surface area (Å²) in [5, 5.41) is 10.3. The molecule has 0 aliphatic carbocycles. The van der Waals surface area contributed by atoms with Gasteiger partial charge in [0.15, 0.2) is 29.8 Å². The quantitative estimate of drug-likeness (QED) is 0.149. The van der Waals surface area contributed by atoms with Crippen LogP contribution in [0.5, 0.6) is 17.2 Å². The fourth-order valence-corrected chi connectivity index (χ4v) is 3.96. The number of allylic oxidation sites excluding steroid dienone is 1. The van der Waals surface area contributed by atoms with Gasteiger partial charge in [0, 0.05) is 11.3 Å². The van der Waals surface area contributed by atoms with Gasteiger partial charge in [0.1, 0.15) is 5.75 Å². The first-order valence-corrected chi connectivity index (χ1v) is 12.5. The zero-order valence-corrected chi connectivity index (χ0v) is 23.3. The van der Waals surface area contributed by atoms with Crippen LogP contribution in [-0.4, -0.2) is 63.2 Å². The minimum absolute atomic E-state index is 0.214. The molecule has 0 radical (unpaired) electrons. The van der Waals surface area contributed by atoms with Crippen LogP contribution in [0.1, 0.15) is 31.0 Å². The Morgan fingerprint density at radius 1 is 1.05 bits per heavy atom. The average molecular weight is 571 g/mol. The van der Waals surface area contributed by atoms with Crippen LogP contribution in [-0.2, 0) is 23.9 Å². The van der Waals surface area contributed by atoms with Crippen molar-refractivity contribution < 1.29 is 38.1 Å². The summed E-state index contributed by atoms with van der Waals surface area (Å²) in [6.07, 6.45) is 1.41. The highest BCUT2D eigenvalue weighted by molar-refractivity contribution is 7.80. The maximum Gasteiger partial charge on any atom is 0.343 e. The van der Waals surface area contributed by atoms with E-state index >= 15 is 0 Å². The second kappa shape index (κ2) is 14.5. The monoisotopic (exact) mass is 570 g/mol. The molecule has 12 nitrogen and oxygen atoms in total. The van der Waals surface area contributed by atoms with E-state index in [0.29, 0.717) is 44.8 Å². The number of amides is 1. The standard InChI is InChI=1S/C27H30N4O8S/c1-5-37-26(34)24-16(2)29-27(40)30-25(24)18-8-6-7-9-19(18)38-14-22(32)31-28-13-17-10-11-20(21(12-17)35-3)39-15-23(33)36-4/h6-13,25H,5,14-15H2,1-4H3,(H,31,32)(H2,29,30,40)/t25-/m1/s1. The Morgan fingerprint density at radius 3 is 2.52 bits per heavy atom. The molecule has 0 unspecified atom stereocenters. The molecule has 212 valence electrons. The van der Waals surface area contributed by atoms with E-state index in [-0.39, 0.29) is 19.8 Å². The molecule has 1 atom stereocenters. The van der Waals surface area contributed by atoms with Crippen molar-refractivity contribution >= 4 is 41.4 Å². The van der Waals surface area contributed by atoms with Crippen molar-refractivity contribution in [2.75, 3.05) is 34.0 Å². The number of hydrogen-bond acceptors (Lipinski definition) is 10. The lowest BCUT2D eigenvalue weighted by molar-refractivity contribution is -0.143. The van der Waals surface area contributed by atoms with E-state index in [9.17, 15) is 14.4 Å². The van der Waals surface area contributed by atoms with Crippen molar-refractivity contribution in [3.05, 3.63) is 64.9 Å². The molecule has 1 amide bonds. The molecule has 3 rings (SSSR count). The maximum atomic E-state index is 12.7. The van der Waals surface area contributed by atoms with E-state index in [1.807, 2.05) is 0 Å². The lowest BCUT2D eigenvalue weighted by atomic mass is 9.95. The van der Waals surface area contributed by atoms with E-state index in [4.69, 9.17) is 31.2 Å². The minimum Gasteiger partial charge on any atom is -0.493 e. The third-order valence-electron chi connectivity index (χ3n) is 5.52. The summed E-state index contributed by atoms with van der Waals surface area (Å²) in [5.74, 6) is -0.429. The highest BCUT2D eigenvalue weighted by Crippen LogP contribution is 2.33. The Balaban J connectivity index is 1.65. The van der Waals surface area contributed by atoms with Gasteiger partial charge in [-0.25, -0.2) is 15.0 Å². The molecular weight excluding hydrogens is 540 g/mol. The first-order chi connectivity index (χ1) is 19.3. The van der Waals surface area contributed by atoms with E-state index in [1.165, 1.54) is 20.4 Å². The molecule has 2 aromatic rings. The SMILES string of the molecule is CCOC(=O)C1=C(C)NC(=S)N[C@@H]1c1ccccc1OCC(=O)NN=Cc1ccc(OCC(=O)OC)c(OC)c1. The summed E-state index contributed by atoms with van der Waals surface area (Å²) in [5.41, 5.74) is 4.53. The minimum atomic E-state index is -0.639. The Labute approximate surface area is 236 Å². The second-order valence-electron chi connectivity index (χ2n) is 8.19. The van der Waals surface area contributed by atoms with Crippen LogP contribution in [0.3, 0.4) is 0 Å². The molecule has 1 heterocycles. The summed E-state index contributed by atoms with van der Waals surface area (Å²) in [4.78, 5) is 36.4. The van der Waals surface area contributed by atoms with Crippen LogP contribution in [0.4, 0.5) is 0 Å². The van der Waals surface area contributed by atoms with Crippen molar-refractivity contribution in [1.29, 1.82) is 0 Å². The normalized spacial score (nSPS) is 14.6. The zero-order chi connectivity index (χ0) is 29.1. The zero-order valence-electron chi connectivity index (χ0n) is 22.4. The summed E-state index contributed by atoms with van der Waals surface area (Å²) in [6.45, 7) is 3.07. The molecule has 0 aromatic heterocycles. The molecule has 1 aliphatic rings. The van der Waals surface area contributed by atoms with Gasteiger partial charge in [-0.15, -0.1) is 0 Å². The maximum absolute atomic E-state index is 12.7. The van der Waals surface area contributed by atoms with Gasteiger partial charge in [0.25, 0.3) is 5.91 Å².